The van der Waals surface area contributed by atoms with Crippen LogP contribution < -0.4 is 11.1 Å². The molecule has 0 radical (unpaired) electrons. The van der Waals surface area contributed by atoms with Crippen molar-refractivity contribution in [3.63, 3.8) is 0 Å². The Bertz CT molecular complexity index is 579. The average molecular weight is 293 g/mol. The monoisotopic (exact) mass is 293 g/mol. The van der Waals surface area contributed by atoms with Crippen LogP contribution >= 0.6 is 0 Å². The lowest BCUT2D eigenvalue weighted by atomic mass is 9.90. The Morgan fingerprint density at radius 3 is 2.71 bits per heavy atom. The van der Waals surface area contributed by atoms with Crippen molar-refractivity contribution in [3.8, 4) is 0 Å². The van der Waals surface area contributed by atoms with E-state index in [9.17, 15) is 14.0 Å². The van der Waals surface area contributed by atoms with Crippen LogP contribution in [0.15, 0.2) is 18.2 Å². The molecular formula is C14H16FN3O3. The van der Waals surface area contributed by atoms with Crippen molar-refractivity contribution in [3.05, 3.63) is 29.6 Å². The molecule has 2 aliphatic rings. The molecule has 0 aromatic heterocycles. The minimum atomic E-state index is -0.907. The largest absolute Gasteiger partial charge is 0.398 e. The Labute approximate surface area is 121 Å². The van der Waals surface area contributed by atoms with Crippen molar-refractivity contribution < 1.29 is 18.7 Å². The van der Waals surface area contributed by atoms with E-state index < -0.39 is 17.4 Å². The van der Waals surface area contributed by atoms with E-state index in [4.69, 9.17) is 10.5 Å². The smallest absolute Gasteiger partial charge is 0.325 e. The highest BCUT2D eigenvalue weighted by atomic mass is 19.1. The van der Waals surface area contributed by atoms with Gasteiger partial charge in [-0.25, -0.2) is 9.18 Å². The third-order valence-corrected chi connectivity index (χ3v) is 4.06. The molecule has 2 heterocycles. The highest BCUT2D eigenvalue weighted by Crippen LogP contribution is 2.30. The van der Waals surface area contributed by atoms with Crippen LogP contribution in [0.25, 0.3) is 0 Å². The second kappa shape index (κ2) is 5.00. The van der Waals surface area contributed by atoms with Crippen LogP contribution in [0.4, 0.5) is 14.9 Å². The van der Waals surface area contributed by atoms with Gasteiger partial charge in [-0.05, 0) is 12.1 Å². The molecule has 2 fully saturated rings. The molecule has 0 saturated carbocycles. The van der Waals surface area contributed by atoms with E-state index in [0.29, 0.717) is 26.1 Å². The summed E-state index contributed by atoms with van der Waals surface area (Å²) in [5.74, 6) is -0.859. The molecule has 1 spiro atoms. The maximum Gasteiger partial charge on any atom is 0.325 e. The summed E-state index contributed by atoms with van der Waals surface area (Å²) in [6.07, 6.45) is 0.863. The molecule has 7 heteroatoms. The molecule has 0 atom stereocenters. The number of nitrogens with zero attached hydrogens (tertiary/aromatic N) is 1. The first-order chi connectivity index (χ1) is 10.0. The fourth-order valence-electron chi connectivity index (χ4n) is 2.78. The predicted octanol–water partition coefficient (Wildman–Crippen LogP) is 1.01. The van der Waals surface area contributed by atoms with Gasteiger partial charge in [0.05, 0.1) is 6.54 Å². The summed E-state index contributed by atoms with van der Waals surface area (Å²) in [7, 11) is 0. The van der Waals surface area contributed by atoms with Crippen molar-refractivity contribution in [2.24, 2.45) is 0 Å². The molecular weight excluding hydrogens is 277 g/mol. The summed E-state index contributed by atoms with van der Waals surface area (Å²) in [5.41, 5.74) is 5.21. The molecule has 3 rings (SSSR count). The molecule has 0 bridgehead atoms. The van der Waals surface area contributed by atoms with E-state index in [1.54, 1.807) is 6.07 Å². The maximum absolute atomic E-state index is 13.8. The highest BCUT2D eigenvalue weighted by molar-refractivity contribution is 6.07. The molecule has 0 aliphatic carbocycles. The van der Waals surface area contributed by atoms with E-state index >= 15 is 0 Å². The number of benzene rings is 1. The predicted molar refractivity (Wildman–Crippen MR) is 72.7 cm³/mol. The summed E-state index contributed by atoms with van der Waals surface area (Å²) >= 11 is 0. The number of anilines is 1. The topological polar surface area (TPSA) is 84.7 Å². The number of imide groups is 1. The summed E-state index contributed by atoms with van der Waals surface area (Å²) < 4.78 is 19.1. The van der Waals surface area contributed by atoms with Gasteiger partial charge in [0.1, 0.15) is 11.4 Å². The van der Waals surface area contributed by atoms with Gasteiger partial charge in [0.15, 0.2) is 0 Å². The highest BCUT2D eigenvalue weighted by Gasteiger charge is 2.51. The van der Waals surface area contributed by atoms with Crippen LogP contribution in [0.3, 0.4) is 0 Å². The SMILES string of the molecule is Nc1cccc(F)c1CN1C(=O)NC2(CCOCC2)C1=O. The number of urea groups is 1. The minimum Gasteiger partial charge on any atom is -0.398 e. The van der Waals surface area contributed by atoms with E-state index in [2.05, 4.69) is 5.32 Å². The van der Waals surface area contributed by atoms with E-state index in [-0.39, 0.29) is 23.7 Å². The quantitative estimate of drug-likeness (QED) is 0.629. The number of hydrogen-bond donors (Lipinski definition) is 2. The van der Waals surface area contributed by atoms with Gasteiger partial charge in [-0.1, -0.05) is 6.07 Å². The summed E-state index contributed by atoms with van der Waals surface area (Å²) in [5, 5.41) is 2.72. The van der Waals surface area contributed by atoms with Gasteiger partial charge in [0, 0.05) is 37.3 Å². The molecule has 21 heavy (non-hydrogen) atoms. The van der Waals surface area contributed by atoms with E-state index in [0.717, 1.165) is 4.90 Å². The number of rotatable bonds is 2. The molecule has 1 aromatic carbocycles. The minimum absolute atomic E-state index is 0.158. The Balaban J connectivity index is 1.86. The molecule has 3 amide bonds. The zero-order valence-electron chi connectivity index (χ0n) is 11.4. The second-order valence-electron chi connectivity index (χ2n) is 5.32. The van der Waals surface area contributed by atoms with Gasteiger partial charge in [-0.15, -0.1) is 0 Å². The van der Waals surface area contributed by atoms with Crippen molar-refractivity contribution in [1.82, 2.24) is 10.2 Å². The first-order valence-electron chi connectivity index (χ1n) is 6.78. The number of carbonyl (C=O) groups is 2. The fourth-order valence-corrected chi connectivity index (χ4v) is 2.78. The van der Waals surface area contributed by atoms with Gasteiger partial charge in [-0.3, -0.25) is 9.69 Å². The summed E-state index contributed by atoms with van der Waals surface area (Å²) in [6.45, 7) is 0.676. The van der Waals surface area contributed by atoms with Gasteiger partial charge in [-0.2, -0.15) is 0 Å². The number of nitrogens with two attached hydrogens (primary N) is 1. The summed E-state index contributed by atoms with van der Waals surface area (Å²) in [4.78, 5) is 25.6. The van der Waals surface area contributed by atoms with Crippen LogP contribution in [0.2, 0.25) is 0 Å². The van der Waals surface area contributed by atoms with Crippen molar-refractivity contribution in [1.29, 1.82) is 0 Å². The maximum atomic E-state index is 13.8. The number of carbonyl (C=O) groups excluding carboxylic acids is 2. The number of amides is 3. The molecule has 3 N–H and O–H groups in total. The number of hydrogen-bond acceptors (Lipinski definition) is 4. The Hall–Kier alpha value is -2.15. The molecule has 112 valence electrons. The fraction of sp³-hybridized carbons (Fsp3) is 0.429. The first-order valence-corrected chi connectivity index (χ1v) is 6.78. The lowest BCUT2D eigenvalue weighted by molar-refractivity contribution is -0.134. The standard InChI is InChI=1S/C14H16FN3O3/c15-10-2-1-3-11(16)9(10)8-18-12(19)14(17-13(18)20)4-6-21-7-5-14/h1-3H,4-8,16H2,(H,17,20). The second-order valence-corrected chi connectivity index (χ2v) is 5.32. The number of halogens is 1. The van der Waals surface area contributed by atoms with Gasteiger partial charge in [0.25, 0.3) is 5.91 Å². The van der Waals surface area contributed by atoms with Crippen molar-refractivity contribution in [2.75, 3.05) is 18.9 Å². The van der Waals surface area contributed by atoms with E-state index in [1.807, 2.05) is 0 Å². The zero-order valence-corrected chi connectivity index (χ0v) is 11.4. The number of ether oxygens (including phenoxy) is 1. The molecule has 0 unspecified atom stereocenters. The first kappa shape index (κ1) is 13.8. The van der Waals surface area contributed by atoms with Gasteiger partial charge < -0.3 is 15.8 Å². The Morgan fingerprint density at radius 2 is 2.05 bits per heavy atom. The number of nitrogens with one attached hydrogen (secondary N) is 1. The Morgan fingerprint density at radius 1 is 1.33 bits per heavy atom. The van der Waals surface area contributed by atoms with Gasteiger partial charge >= 0.3 is 6.03 Å². The van der Waals surface area contributed by atoms with Crippen LogP contribution in [-0.2, 0) is 16.1 Å². The van der Waals surface area contributed by atoms with Crippen LogP contribution in [0.5, 0.6) is 0 Å². The lowest BCUT2D eigenvalue weighted by Gasteiger charge is -2.30. The lowest BCUT2D eigenvalue weighted by Crippen LogP contribution is -2.51. The Kier molecular flexibility index (Phi) is 3.29. The summed E-state index contributed by atoms with van der Waals surface area (Å²) in [6, 6.07) is 3.78. The third kappa shape index (κ3) is 2.23. The molecule has 2 aliphatic heterocycles. The third-order valence-electron chi connectivity index (χ3n) is 4.06. The van der Waals surface area contributed by atoms with Crippen molar-refractivity contribution >= 4 is 17.6 Å². The molecule has 2 saturated heterocycles. The normalized spacial score (nSPS) is 20.9. The van der Waals surface area contributed by atoms with Crippen LogP contribution in [-0.4, -0.2) is 35.6 Å². The molecule has 6 nitrogen and oxygen atoms in total. The number of nitrogen functional groups attached to an aromatic ring is 1. The van der Waals surface area contributed by atoms with Crippen LogP contribution in [0.1, 0.15) is 18.4 Å². The average Bonchev–Trinajstić information content (AvgIpc) is 2.67. The molecule has 1 aromatic rings. The van der Waals surface area contributed by atoms with Crippen molar-refractivity contribution in [2.45, 2.75) is 24.9 Å². The van der Waals surface area contributed by atoms with Gasteiger partial charge in [0.2, 0.25) is 0 Å². The zero-order chi connectivity index (χ0) is 15.0. The van der Waals surface area contributed by atoms with Crippen LogP contribution in [0, 0.1) is 5.82 Å². The van der Waals surface area contributed by atoms with E-state index in [1.165, 1.54) is 12.1 Å².